The highest BCUT2D eigenvalue weighted by atomic mass is 16.2. The summed E-state index contributed by atoms with van der Waals surface area (Å²) in [6, 6.07) is 17.3. The molecule has 1 aliphatic heterocycles. The zero-order valence-electron chi connectivity index (χ0n) is 14.9. The summed E-state index contributed by atoms with van der Waals surface area (Å²) in [6.07, 6.45) is 2.05. The molecule has 2 aromatic rings. The zero-order valence-corrected chi connectivity index (χ0v) is 14.9. The molecule has 1 aliphatic rings. The number of rotatable bonds is 6. The molecule has 0 radical (unpaired) electrons. The maximum Gasteiger partial charge on any atom is 0.251 e. The summed E-state index contributed by atoms with van der Waals surface area (Å²) < 4.78 is 0. The van der Waals surface area contributed by atoms with E-state index in [2.05, 4.69) is 5.32 Å². The van der Waals surface area contributed by atoms with Gasteiger partial charge in [0.05, 0.1) is 0 Å². The van der Waals surface area contributed by atoms with Crippen LogP contribution in [0.1, 0.15) is 34.3 Å². The molecule has 1 atom stereocenters. The molecule has 0 spiro atoms. The molecular weight excluding hydrogens is 326 g/mol. The molecule has 2 amide bonds. The standard InChI is InChI=1S/C21H25N3O2/c22-14-17-6-9-18(10-7-17)21(26)23-19-12-13-24(15-19)20(25)11-8-16-4-2-1-3-5-16/h1-7,9-10,19H,8,11-15,22H2,(H,23,26). The summed E-state index contributed by atoms with van der Waals surface area (Å²) in [4.78, 5) is 26.6. The quantitative estimate of drug-likeness (QED) is 0.837. The number of aryl methyl sites for hydroxylation is 1. The Morgan fingerprint density at radius 3 is 2.46 bits per heavy atom. The molecule has 136 valence electrons. The van der Waals surface area contributed by atoms with Crippen molar-refractivity contribution in [3.63, 3.8) is 0 Å². The SMILES string of the molecule is NCc1ccc(C(=O)NC2CCN(C(=O)CCc3ccccc3)C2)cc1. The number of benzene rings is 2. The van der Waals surface area contributed by atoms with Gasteiger partial charge in [-0.1, -0.05) is 42.5 Å². The molecule has 3 rings (SSSR count). The second-order valence-corrected chi connectivity index (χ2v) is 6.69. The fourth-order valence-corrected chi connectivity index (χ4v) is 3.22. The molecule has 3 N–H and O–H groups in total. The Balaban J connectivity index is 1.46. The van der Waals surface area contributed by atoms with Crippen molar-refractivity contribution in [1.29, 1.82) is 0 Å². The van der Waals surface area contributed by atoms with Crippen molar-refractivity contribution in [2.45, 2.75) is 31.8 Å². The molecule has 1 unspecified atom stereocenters. The van der Waals surface area contributed by atoms with E-state index < -0.39 is 0 Å². The van der Waals surface area contributed by atoms with Gasteiger partial charge in [-0.2, -0.15) is 0 Å². The van der Waals surface area contributed by atoms with Crippen LogP contribution >= 0.6 is 0 Å². The van der Waals surface area contributed by atoms with E-state index >= 15 is 0 Å². The van der Waals surface area contributed by atoms with Gasteiger partial charge in [0, 0.05) is 37.7 Å². The Hall–Kier alpha value is -2.66. The normalized spacial score (nSPS) is 16.5. The van der Waals surface area contributed by atoms with E-state index in [0.29, 0.717) is 31.6 Å². The maximum atomic E-state index is 12.4. The van der Waals surface area contributed by atoms with Gasteiger partial charge in [0.15, 0.2) is 0 Å². The van der Waals surface area contributed by atoms with Crippen molar-refractivity contribution in [2.24, 2.45) is 5.73 Å². The number of nitrogens with one attached hydrogen (secondary N) is 1. The highest BCUT2D eigenvalue weighted by Crippen LogP contribution is 2.13. The summed E-state index contributed by atoms with van der Waals surface area (Å²) in [7, 11) is 0. The van der Waals surface area contributed by atoms with Crippen molar-refractivity contribution in [3.8, 4) is 0 Å². The van der Waals surface area contributed by atoms with Crippen LogP contribution < -0.4 is 11.1 Å². The third-order valence-electron chi connectivity index (χ3n) is 4.80. The van der Waals surface area contributed by atoms with Crippen LogP contribution in [0.3, 0.4) is 0 Å². The highest BCUT2D eigenvalue weighted by Gasteiger charge is 2.27. The first-order chi connectivity index (χ1) is 12.7. The molecule has 5 nitrogen and oxygen atoms in total. The fraction of sp³-hybridized carbons (Fsp3) is 0.333. The van der Waals surface area contributed by atoms with E-state index in [1.807, 2.05) is 47.4 Å². The van der Waals surface area contributed by atoms with Crippen LogP contribution in [-0.2, 0) is 17.8 Å². The first-order valence-electron chi connectivity index (χ1n) is 9.07. The molecule has 0 aromatic heterocycles. The number of carbonyl (C=O) groups is 2. The van der Waals surface area contributed by atoms with Crippen molar-refractivity contribution >= 4 is 11.8 Å². The van der Waals surface area contributed by atoms with E-state index in [-0.39, 0.29) is 17.9 Å². The van der Waals surface area contributed by atoms with Crippen LogP contribution in [-0.4, -0.2) is 35.8 Å². The topological polar surface area (TPSA) is 75.4 Å². The third kappa shape index (κ3) is 4.70. The van der Waals surface area contributed by atoms with Crippen molar-refractivity contribution in [3.05, 3.63) is 71.3 Å². The van der Waals surface area contributed by atoms with Gasteiger partial charge in [0.25, 0.3) is 5.91 Å². The second-order valence-electron chi connectivity index (χ2n) is 6.69. The molecule has 2 aromatic carbocycles. The van der Waals surface area contributed by atoms with Gasteiger partial charge in [-0.3, -0.25) is 9.59 Å². The molecule has 1 heterocycles. The van der Waals surface area contributed by atoms with E-state index in [0.717, 1.165) is 18.4 Å². The Bertz CT molecular complexity index is 744. The van der Waals surface area contributed by atoms with Crippen LogP contribution in [0.15, 0.2) is 54.6 Å². The van der Waals surface area contributed by atoms with E-state index in [1.165, 1.54) is 5.56 Å². The van der Waals surface area contributed by atoms with Crippen LogP contribution in [0.2, 0.25) is 0 Å². The highest BCUT2D eigenvalue weighted by molar-refractivity contribution is 5.94. The number of amides is 2. The molecule has 0 bridgehead atoms. The lowest BCUT2D eigenvalue weighted by Gasteiger charge is -2.17. The van der Waals surface area contributed by atoms with Crippen LogP contribution in [0.5, 0.6) is 0 Å². The lowest BCUT2D eigenvalue weighted by Crippen LogP contribution is -2.38. The van der Waals surface area contributed by atoms with E-state index in [4.69, 9.17) is 5.73 Å². The van der Waals surface area contributed by atoms with Gasteiger partial charge in [-0.05, 0) is 36.1 Å². The van der Waals surface area contributed by atoms with Gasteiger partial charge in [0.2, 0.25) is 5.91 Å². The molecule has 1 fully saturated rings. The van der Waals surface area contributed by atoms with Gasteiger partial charge in [-0.25, -0.2) is 0 Å². The van der Waals surface area contributed by atoms with Gasteiger partial charge in [0.1, 0.15) is 0 Å². The minimum atomic E-state index is -0.0999. The van der Waals surface area contributed by atoms with Crippen LogP contribution in [0.4, 0.5) is 0 Å². The average molecular weight is 351 g/mol. The zero-order chi connectivity index (χ0) is 18.4. The fourth-order valence-electron chi connectivity index (χ4n) is 3.22. The Morgan fingerprint density at radius 1 is 1.04 bits per heavy atom. The van der Waals surface area contributed by atoms with Crippen molar-refractivity contribution < 1.29 is 9.59 Å². The van der Waals surface area contributed by atoms with E-state index in [9.17, 15) is 9.59 Å². The number of likely N-dealkylation sites (tertiary alicyclic amines) is 1. The minimum absolute atomic E-state index is 0.0114. The summed E-state index contributed by atoms with van der Waals surface area (Å²) in [5.74, 6) is 0.0510. The summed E-state index contributed by atoms with van der Waals surface area (Å²) in [5.41, 5.74) is 8.37. The largest absolute Gasteiger partial charge is 0.347 e. The Kier molecular flexibility index (Phi) is 6.02. The second kappa shape index (κ2) is 8.63. The minimum Gasteiger partial charge on any atom is -0.347 e. The van der Waals surface area contributed by atoms with Crippen LogP contribution in [0, 0.1) is 0 Å². The molecule has 5 heteroatoms. The van der Waals surface area contributed by atoms with Gasteiger partial charge < -0.3 is 16.0 Å². The van der Waals surface area contributed by atoms with Crippen molar-refractivity contribution in [1.82, 2.24) is 10.2 Å². The van der Waals surface area contributed by atoms with Gasteiger partial charge in [-0.15, -0.1) is 0 Å². The number of hydrogen-bond acceptors (Lipinski definition) is 3. The number of carbonyl (C=O) groups excluding carboxylic acids is 2. The lowest BCUT2D eigenvalue weighted by atomic mass is 10.1. The predicted octanol–water partition coefficient (Wildman–Crippen LogP) is 2.11. The maximum absolute atomic E-state index is 12.4. The first-order valence-corrected chi connectivity index (χ1v) is 9.07. The van der Waals surface area contributed by atoms with Gasteiger partial charge >= 0.3 is 0 Å². The summed E-state index contributed by atoms with van der Waals surface area (Å²) in [6.45, 7) is 1.75. The number of nitrogens with zero attached hydrogens (tertiary/aromatic N) is 1. The predicted molar refractivity (Wildman–Crippen MR) is 102 cm³/mol. The summed E-state index contributed by atoms with van der Waals surface area (Å²) in [5, 5.41) is 3.03. The molecule has 0 aliphatic carbocycles. The molecule has 1 saturated heterocycles. The molecule has 0 saturated carbocycles. The number of hydrogen-bond donors (Lipinski definition) is 2. The summed E-state index contributed by atoms with van der Waals surface area (Å²) >= 11 is 0. The van der Waals surface area contributed by atoms with Crippen LogP contribution in [0.25, 0.3) is 0 Å². The first kappa shape index (κ1) is 18.1. The van der Waals surface area contributed by atoms with Crippen molar-refractivity contribution in [2.75, 3.05) is 13.1 Å². The Morgan fingerprint density at radius 2 is 1.77 bits per heavy atom. The molecular formula is C21H25N3O2. The molecule has 26 heavy (non-hydrogen) atoms. The lowest BCUT2D eigenvalue weighted by molar-refractivity contribution is -0.130. The average Bonchev–Trinajstić information content (AvgIpc) is 3.15. The smallest absolute Gasteiger partial charge is 0.251 e. The third-order valence-corrected chi connectivity index (χ3v) is 4.80. The Labute approximate surface area is 154 Å². The number of nitrogens with two attached hydrogens (primary N) is 1. The monoisotopic (exact) mass is 351 g/mol. The van der Waals surface area contributed by atoms with E-state index in [1.54, 1.807) is 12.1 Å².